The standard InChI is InChI=1S/C15H23N3O3/c1-15(2,3)21-14(20)18(13-10-16-8-9-17-13)11-4-6-12(19)7-5-11/h8-12,19H,4-7H2,1-3H3. The van der Waals surface area contributed by atoms with E-state index in [1.54, 1.807) is 23.5 Å². The number of amides is 1. The summed E-state index contributed by atoms with van der Waals surface area (Å²) in [4.78, 5) is 22.3. The van der Waals surface area contributed by atoms with Gasteiger partial charge in [-0.15, -0.1) is 0 Å². The smallest absolute Gasteiger partial charge is 0.416 e. The Hall–Kier alpha value is -1.69. The van der Waals surface area contributed by atoms with Crippen molar-refractivity contribution in [3.63, 3.8) is 0 Å². The topological polar surface area (TPSA) is 75.5 Å². The molecular formula is C15H23N3O3. The van der Waals surface area contributed by atoms with Gasteiger partial charge in [-0.1, -0.05) is 0 Å². The van der Waals surface area contributed by atoms with Crippen molar-refractivity contribution in [1.82, 2.24) is 9.97 Å². The molecule has 0 aromatic carbocycles. The highest BCUT2D eigenvalue weighted by atomic mass is 16.6. The van der Waals surface area contributed by atoms with Crippen molar-refractivity contribution in [3.8, 4) is 0 Å². The molecule has 1 fully saturated rings. The Morgan fingerprint density at radius 3 is 2.48 bits per heavy atom. The van der Waals surface area contributed by atoms with Gasteiger partial charge in [-0.05, 0) is 46.5 Å². The van der Waals surface area contributed by atoms with Gasteiger partial charge < -0.3 is 9.84 Å². The second kappa shape index (κ2) is 6.39. The summed E-state index contributed by atoms with van der Waals surface area (Å²) in [6.45, 7) is 5.51. The zero-order valence-electron chi connectivity index (χ0n) is 12.8. The maximum absolute atomic E-state index is 12.5. The van der Waals surface area contributed by atoms with Crippen molar-refractivity contribution in [3.05, 3.63) is 18.6 Å². The minimum atomic E-state index is -0.564. The number of hydrogen-bond donors (Lipinski definition) is 1. The van der Waals surface area contributed by atoms with Crippen LogP contribution >= 0.6 is 0 Å². The number of ether oxygens (including phenoxy) is 1. The molecule has 1 aromatic rings. The van der Waals surface area contributed by atoms with Crippen molar-refractivity contribution in [1.29, 1.82) is 0 Å². The molecule has 1 saturated carbocycles. The summed E-state index contributed by atoms with van der Waals surface area (Å²) in [7, 11) is 0. The number of carbonyl (C=O) groups is 1. The van der Waals surface area contributed by atoms with Crippen LogP contribution in [0.5, 0.6) is 0 Å². The fraction of sp³-hybridized carbons (Fsp3) is 0.667. The maximum Gasteiger partial charge on any atom is 0.416 e. The van der Waals surface area contributed by atoms with E-state index < -0.39 is 11.7 Å². The largest absolute Gasteiger partial charge is 0.443 e. The van der Waals surface area contributed by atoms with Gasteiger partial charge in [0.15, 0.2) is 5.82 Å². The third-order valence-corrected chi connectivity index (χ3v) is 3.42. The van der Waals surface area contributed by atoms with E-state index in [-0.39, 0.29) is 12.1 Å². The van der Waals surface area contributed by atoms with Crippen molar-refractivity contribution >= 4 is 11.9 Å². The molecule has 1 N–H and O–H groups in total. The van der Waals surface area contributed by atoms with Gasteiger partial charge in [-0.25, -0.2) is 9.78 Å². The summed E-state index contributed by atoms with van der Waals surface area (Å²) in [5.41, 5.74) is -0.564. The van der Waals surface area contributed by atoms with Crippen LogP contribution in [0.2, 0.25) is 0 Å². The van der Waals surface area contributed by atoms with Gasteiger partial charge in [0.2, 0.25) is 0 Å². The number of aliphatic hydroxyl groups is 1. The van der Waals surface area contributed by atoms with Gasteiger partial charge >= 0.3 is 6.09 Å². The molecule has 6 heteroatoms. The molecule has 1 aliphatic rings. The zero-order valence-corrected chi connectivity index (χ0v) is 12.8. The summed E-state index contributed by atoms with van der Waals surface area (Å²) in [5, 5.41) is 9.64. The average molecular weight is 293 g/mol. The highest BCUT2D eigenvalue weighted by Gasteiger charge is 2.33. The minimum absolute atomic E-state index is 0.0139. The molecule has 0 saturated heterocycles. The summed E-state index contributed by atoms with van der Waals surface area (Å²) in [6.07, 6.45) is 6.84. The number of aromatic nitrogens is 2. The van der Waals surface area contributed by atoms with Crippen LogP contribution in [0.15, 0.2) is 18.6 Å². The van der Waals surface area contributed by atoms with Crippen LogP contribution in [-0.4, -0.2) is 38.9 Å². The van der Waals surface area contributed by atoms with Gasteiger partial charge in [-0.3, -0.25) is 9.88 Å². The number of carbonyl (C=O) groups excluding carboxylic acids is 1. The first-order valence-electron chi connectivity index (χ1n) is 7.33. The Bertz CT molecular complexity index is 465. The quantitative estimate of drug-likeness (QED) is 0.906. The van der Waals surface area contributed by atoms with Crippen LogP contribution in [0.3, 0.4) is 0 Å². The molecule has 0 spiro atoms. The lowest BCUT2D eigenvalue weighted by atomic mass is 9.92. The summed E-state index contributed by atoms with van der Waals surface area (Å²) >= 11 is 0. The fourth-order valence-corrected chi connectivity index (χ4v) is 2.47. The van der Waals surface area contributed by atoms with E-state index in [4.69, 9.17) is 4.74 Å². The van der Waals surface area contributed by atoms with E-state index >= 15 is 0 Å². The second-order valence-corrected chi connectivity index (χ2v) is 6.38. The summed E-state index contributed by atoms with van der Waals surface area (Å²) < 4.78 is 5.49. The van der Waals surface area contributed by atoms with Crippen LogP contribution in [0.1, 0.15) is 46.5 Å². The molecule has 21 heavy (non-hydrogen) atoms. The summed E-state index contributed by atoms with van der Waals surface area (Å²) in [6, 6.07) is -0.0139. The number of aliphatic hydroxyl groups excluding tert-OH is 1. The van der Waals surface area contributed by atoms with Crippen LogP contribution in [0.25, 0.3) is 0 Å². The molecule has 0 aliphatic heterocycles. The van der Waals surface area contributed by atoms with E-state index in [9.17, 15) is 9.90 Å². The van der Waals surface area contributed by atoms with Crippen LogP contribution in [0, 0.1) is 0 Å². The lowest BCUT2D eigenvalue weighted by Gasteiger charge is -2.35. The van der Waals surface area contributed by atoms with Crippen molar-refractivity contribution in [2.24, 2.45) is 0 Å². The zero-order chi connectivity index (χ0) is 15.5. The van der Waals surface area contributed by atoms with Crippen molar-refractivity contribution in [2.45, 2.75) is 64.2 Å². The number of nitrogens with zero attached hydrogens (tertiary/aromatic N) is 3. The molecule has 0 unspecified atom stereocenters. The molecule has 2 rings (SSSR count). The fourth-order valence-electron chi connectivity index (χ4n) is 2.47. The summed E-state index contributed by atoms with van der Waals surface area (Å²) in [5.74, 6) is 0.494. The van der Waals surface area contributed by atoms with Crippen molar-refractivity contribution in [2.75, 3.05) is 4.90 Å². The van der Waals surface area contributed by atoms with Gasteiger partial charge in [0.05, 0.1) is 12.3 Å². The van der Waals surface area contributed by atoms with Gasteiger partial charge in [0.1, 0.15) is 5.60 Å². The van der Waals surface area contributed by atoms with E-state index in [0.29, 0.717) is 18.7 Å². The molecule has 116 valence electrons. The van der Waals surface area contributed by atoms with Crippen LogP contribution < -0.4 is 4.90 Å². The Morgan fingerprint density at radius 2 is 1.95 bits per heavy atom. The molecule has 0 bridgehead atoms. The first kappa shape index (κ1) is 15.7. The van der Waals surface area contributed by atoms with Gasteiger partial charge in [0.25, 0.3) is 0 Å². The average Bonchev–Trinajstić information content (AvgIpc) is 2.40. The van der Waals surface area contributed by atoms with E-state index in [1.807, 2.05) is 20.8 Å². The Labute approximate surface area is 125 Å². The van der Waals surface area contributed by atoms with Crippen LogP contribution in [-0.2, 0) is 4.74 Å². The number of rotatable bonds is 2. The second-order valence-electron chi connectivity index (χ2n) is 6.38. The minimum Gasteiger partial charge on any atom is -0.443 e. The lowest BCUT2D eigenvalue weighted by molar-refractivity contribution is 0.0533. The number of anilines is 1. The SMILES string of the molecule is CC(C)(C)OC(=O)N(c1cnccn1)C1CCC(O)CC1. The normalized spacial score (nSPS) is 22.7. The third-order valence-electron chi connectivity index (χ3n) is 3.42. The first-order chi connectivity index (χ1) is 9.87. The molecule has 0 radical (unpaired) electrons. The molecule has 1 amide bonds. The molecule has 1 aromatic heterocycles. The molecule has 1 heterocycles. The predicted molar refractivity (Wildman–Crippen MR) is 79.0 cm³/mol. The lowest BCUT2D eigenvalue weighted by Crippen LogP contribution is -2.46. The first-order valence-corrected chi connectivity index (χ1v) is 7.33. The predicted octanol–water partition coefficient (Wildman–Crippen LogP) is 2.52. The molecule has 0 atom stereocenters. The van der Waals surface area contributed by atoms with Gasteiger partial charge in [-0.2, -0.15) is 0 Å². The Kier molecular flexibility index (Phi) is 4.77. The molecule has 6 nitrogen and oxygen atoms in total. The third kappa shape index (κ3) is 4.39. The van der Waals surface area contributed by atoms with Crippen LogP contribution in [0.4, 0.5) is 10.6 Å². The molecular weight excluding hydrogens is 270 g/mol. The monoisotopic (exact) mass is 293 g/mol. The van der Waals surface area contributed by atoms with Gasteiger partial charge in [0, 0.05) is 18.4 Å². The molecule has 1 aliphatic carbocycles. The Balaban J connectivity index is 2.20. The number of hydrogen-bond acceptors (Lipinski definition) is 5. The van der Waals surface area contributed by atoms with Crippen molar-refractivity contribution < 1.29 is 14.6 Å². The van der Waals surface area contributed by atoms with E-state index in [0.717, 1.165) is 12.8 Å². The highest BCUT2D eigenvalue weighted by Crippen LogP contribution is 2.27. The van der Waals surface area contributed by atoms with E-state index in [1.165, 1.54) is 0 Å². The highest BCUT2D eigenvalue weighted by molar-refractivity contribution is 5.87. The van der Waals surface area contributed by atoms with E-state index in [2.05, 4.69) is 9.97 Å². The Morgan fingerprint density at radius 1 is 1.29 bits per heavy atom. The maximum atomic E-state index is 12.5.